The molecular weight excluding hydrogens is 354 g/mol. The number of fused-ring (bicyclic) bond motifs is 1. The van der Waals surface area contributed by atoms with E-state index in [-0.39, 0.29) is 23.2 Å². The summed E-state index contributed by atoms with van der Waals surface area (Å²) in [6, 6.07) is 0.218. The van der Waals surface area contributed by atoms with Crippen molar-refractivity contribution in [2.45, 2.75) is 44.3 Å². The number of thioether (sulfide) groups is 1. The van der Waals surface area contributed by atoms with E-state index in [9.17, 15) is 14.4 Å². The number of hydrogen-bond acceptors (Lipinski definition) is 5. The molecule has 1 saturated carbocycles. The predicted octanol–water partition coefficient (Wildman–Crippen LogP) is 0.993. The van der Waals surface area contributed by atoms with Crippen LogP contribution in [-0.2, 0) is 18.9 Å². The molecular formula is C17H25N5O3S. The fraction of sp³-hybridized carbons (Fsp3) is 0.647. The quantitative estimate of drug-likeness (QED) is 0.772. The van der Waals surface area contributed by atoms with E-state index in [1.165, 1.54) is 29.8 Å². The highest BCUT2D eigenvalue weighted by molar-refractivity contribution is 7.99. The summed E-state index contributed by atoms with van der Waals surface area (Å²) in [5.74, 6) is 1.27. The molecule has 1 aliphatic rings. The number of H-pyrrole nitrogens is 1. The fourth-order valence-electron chi connectivity index (χ4n) is 3.54. The molecule has 3 rings (SSSR count). The minimum Gasteiger partial charge on any atom is -0.352 e. The van der Waals surface area contributed by atoms with Crippen molar-refractivity contribution in [1.82, 2.24) is 24.4 Å². The van der Waals surface area contributed by atoms with Gasteiger partial charge < -0.3 is 10.3 Å². The van der Waals surface area contributed by atoms with Crippen LogP contribution in [-0.4, -0.2) is 36.8 Å². The van der Waals surface area contributed by atoms with Gasteiger partial charge in [-0.25, -0.2) is 9.78 Å². The minimum absolute atomic E-state index is 0.0387. The summed E-state index contributed by atoms with van der Waals surface area (Å²) in [5, 5.41) is 3.58. The Morgan fingerprint density at radius 3 is 2.73 bits per heavy atom. The van der Waals surface area contributed by atoms with E-state index in [0.29, 0.717) is 22.6 Å². The lowest BCUT2D eigenvalue weighted by Gasteiger charge is -2.34. The molecule has 0 aromatic carbocycles. The average molecular weight is 379 g/mol. The Hall–Kier alpha value is -2.03. The number of imidazole rings is 1. The Balaban J connectivity index is 1.69. The van der Waals surface area contributed by atoms with Crippen LogP contribution in [0, 0.1) is 11.8 Å². The smallest absolute Gasteiger partial charge is 0.332 e. The van der Waals surface area contributed by atoms with Crippen molar-refractivity contribution in [3.63, 3.8) is 0 Å². The summed E-state index contributed by atoms with van der Waals surface area (Å²) in [6.45, 7) is 4.42. The number of nitrogens with zero attached hydrogens (tertiary/aromatic N) is 3. The van der Waals surface area contributed by atoms with Crippen molar-refractivity contribution in [3.05, 3.63) is 20.8 Å². The standard InChI is InChI=1S/C17H25N5O3S/c1-9-6-5-7-11(10(9)2)18-12(23)8-26-16-19-13-14(20-16)21(3)17(25)22(4)15(13)24/h9-11H,5-8H2,1-4H3,(H,18,23)(H,19,20)/t9-,10+,11+/m0/s1. The number of aromatic nitrogens is 4. The van der Waals surface area contributed by atoms with Gasteiger partial charge in [0.15, 0.2) is 16.3 Å². The van der Waals surface area contributed by atoms with Gasteiger partial charge in [0, 0.05) is 20.1 Å². The van der Waals surface area contributed by atoms with Gasteiger partial charge in [0.25, 0.3) is 5.56 Å². The normalized spacial score (nSPS) is 23.3. The topological polar surface area (TPSA) is 102 Å². The zero-order valence-electron chi connectivity index (χ0n) is 15.5. The van der Waals surface area contributed by atoms with E-state index < -0.39 is 11.2 Å². The summed E-state index contributed by atoms with van der Waals surface area (Å²) in [4.78, 5) is 43.7. The third-order valence-electron chi connectivity index (χ3n) is 5.47. The van der Waals surface area contributed by atoms with E-state index in [2.05, 4.69) is 29.1 Å². The van der Waals surface area contributed by atoms with Gasteiger partial charge in [-0.1, -0.05) is 38.5 Å². The highest BCUT2D eigenvalue weighted by Gasteiger charge is 2.28. The first-order valence-electron chi connectivity index (χ1n) is 8.87. The molecule has 26 heavy (non-hydrogen) atoms. The molecule has 2 aromatic heterocycles. The van der Waals surface area contributed by atoms with E-state index in [1.54, 1.807) is 7.05 Å². The number of rotatable bonds is 4. The fourth-order valence-corrected chi connectivity index (χ4v) is 4.22. The predicted molar refractivity (Wildman–Crippen MR) is 101 cm³/mol. The molecule has 8 nitrogen and oxygen atoms in total. The second kappa shape index (κ2) is 7.30. The summed E-state index contributed by atoms with van der Waals surface area (Å²) in [7, 11) is 3.00. The molecule has 0 spiro atoms. The first-order valence-corrected chi connectivity index (χ1v) is 9.86. The third kappa shape index (κ3) is 3.44. The van der Waals surface area contributed by atoms with Crippen LogP contribution >= 0.6 is 11.8 Å². The van der Waals surface area contributed by atoms with E-state index in [4.69, 9.17) is 0 Å². The van der Waals surface area contributed by atoms with E-state index in [0.717, 1.165) is 17.4 Å². The van der Waals surface area contributed by atoms with Crippen molar-refractivity contribution >= 4 is 28.8 Å². The maximum absolute atomic E-state index is 12.3. The largest absolute Gasteiger partial charge is 0.352 e. The third-order valence-corrected chi connectivity index (χ3v) is 6.34. The van der Waals surface area contributed by atoms with Crippen LogP contribution in [0.15, 0.2) is 14.7 Å². The second-order valence-corrected chi connectivity index (χ2v) is 8.14. The number of aryl methyl sites for hydroxylation is 1. The minimum atomic E-state index is -0.427. The SMILES string of the molecule is C[C@@H]1[C@@H](C)CCC[C@H]1NC(=O)CSc1nc2c([nH]1)c(=O)n(C)c(=O)n2C. The molecule has 0 unspecified atom stereocenters. The number of aromatic amines is 1. The van der Waals surface area contributed by atoms with Gasteiger partial charge in [0.2, 0.25) is 5.91 Å². The maximum Gasteiger partial charge on any atom is 0.332 e. The zero-order valence-corrected chi connectivity index (χ0v) is 16.4. The Kier molecular flexibility index (Phi) is 5.27. The first kappa shape index (κ1) is 18.8. The second-order valence-electron chi connectivity index (χ2n) is 7.18. The number of amides is 1. The number of carbonyl (C=O) groups excluding carboxylic acids is 1. The molecule has 0 saturated heterocycles. The lowest BCUT2D eigenvalue weighted by atomic mass is 9.78. The summed E-state index contributed by atoms with van der Waals surface area (Å²) in [5.41, 5.74) is -0.274. The van der Waals surface area contributed by atoms with Crippen molar-refractivity contribution in [1.29, 1.82) is 0 Å². The molecule has 142 valence electrons. The van der Waals surface area contributed by atoms with Crippen LogP contribution in [0.2, 0.25) is 0 Å². The lowest BCUT2D eigenvalue weighted by molar-refractivity contribution is -0.120. The van der Waals surface area contributed by atoms with Gasteiger partial charge in [0.05, 0.1) is 5.75 Å². The number of hydrogen-bond donors (Lipinski definition) is 2. The Morgan fingerprint density at radius 1 is 1.27 bits per heavy atom. The Bertz CT molecular complexity index is 944. The molecule has 0 radical (unpaired) electrons. The Labute approximate surface area is 155 Å². The van der Waals surface area contributed by atoms with Crippen LogP contribution in [0.3, 0.4) is 0 Å². The van der Waals surface area contributed by atoms with Crippen LogP contribution in [0.25, 0.3) is 11.2 Å². The van der Waals surface area contributed by atoms with Gasteiger partial charge >= 0.3 is 5.69 Å². The average Bonchev–Trinajstić information content (AvgIpc) is 3.05. The van der Waals surface area contributed by atoms with Crippen LogP contribution in [0.4, 0.5) is 0 Å². The summed E-state index contributed by atoms with van der Waals surface area (Å²) < 4.78 is 2.36. The first-order chi connectivity index (χ1) is 12.3. The van der Waals surface area contributed by atoms with Crippen molar-refractivity contribution < 1.29 is 4.79 Å². The van der Waals surface area contributed by atoms with Crippen molar-refractivity contribution in [2.24, 2.45) is 25.9 Å². The van der Waals surface area contributed by atoms with Crippen molar-refractivity contribution in [2.75, 3.05) is 5.75 Å². The van der Waals surface area contributed by atoms with E-state index in [1.807, 2.05) is 0 Å². The molecule has 2 aromatic rings. The van der Waals surface area contributed by atoms with E-state index >= 15 is 0 Å². The molecule has 2 heterocycles. The molecule has 2 N–H and O–H groups in total. The maximum atomic E-state index is 12.3. The number of nitrogens with one attached hydrogen (secondary N) is 2. The molecule has 1 amide bonds. The molecule has 0 bridgehead atoms. The highest BCUT2D eigenvalue weighted by atomic mass is 32.2. The molecule has 3 atom stereocenters. The molecule has 0 aliphatic heterocycles. The Morgan fingerprint density at radius 2 is 2.00 bits per heavy atom. The van der Waals surface area contributed by atoms with Gasteiger partial charge in [0.1, 0.15) is 0 Å². The van der Waals surface area contributed by atoms with Crippen LogP contribution in [0.5, 0.6) is 0 Å². The van der Waals surface area contributed by atoms with Gasteiger partial charge in [-0.15, -0.1) is 0 Å². The van der Waals surface area contributed by atoms with Crippen LogP contribution in [0.1, 0.15) is 33.1 Å². The van der Waals surface area contributed by atoms with Crippen LogP contribution < -0.4 is 16.6 Å². The van der Waals surface area contributed by atoms with Gasteiger partial charge in [-0.3, -0.25) is 18.7 Å². The zero-order chi connectivity index (χ0) is 19.0. The molecule has 9 heteroatoms. The highest BCUT2D eigenvalue weighted by Crippen LogP contribution is 2.29. The number of carbonyl (C=O) groups is 1. The monoisotopic (exact) mass is 379 g/mol. The van der Waals surface area contributed by atoms with Gasteiger partial charge in [-0.05, 0) is 18.3 Å². The lowest BCUT2D eigenvalue weighted by Crippen LogP contribution is -2.44. The summed E-state index contributed by atoms with van der Waals surface area (Å²) >= 11 is 1.23. The molecule has 1 fully saturated rings. The molecule has 1 aliphatic carbocycles. The summed E-state index contributed by atoms with van der Waals surface area (Å²) in [6.07, 6.45) is 3.38. The van der Waals surface area contributed by atoms with Crippen molar-refractivity contribution in [3.8, 4) is 0 Å². The van der Waals surface area contributed by atoms with Gasteiger partial charge in [-0.2, -0.15) is 0 Å².